The van der Waals surface area contributed by atoms with Gasteiger partial charge in [0, 0.05) is 19.2 Å². The van der Waals surface area contributed by atoms with Crippen LogP contribution in [0.3, 0.4) is 0 Å². The summed E-state index contributed by atoms with van der Waals surface area (Å²) in [4.78, 5) is 11.9. The van der Waals surface area contributed by atoms with Gasteiger partial charge < -0.3 is 15.9 Å². The molecule has 0 bridgehead atoms. The van der Waals surface area contributed by atoms with Gasteiger partial charge in [-0.15, -0.1) is 10.2 Å². The molecule has 1 atom stereocenters. The Morgan fingerprint density at radius 2 is 2.13 bits per heavy atom. The van der Waals surface area contributed by atoms with Crippen LogP contribution in [0.4, 0.5) is 4.39 Å². The molecule has 0 aliphatic rings. The van der Waals surface area contributed by atoms with E-state index in [-0.39, 0.29) is 17.0 Å². The Morgan fingerprint density at radius 1 is 1.43 bits per heavy atom. The first-order valence-electron chi connectivity index (χ1n) is 6.92. The third-order valence-electron chi connectivity index (χ3n) is 3.02. The molecule has 0 aliphatic carbocycles. The van der Waals surface area contributed by atoms with Crippen LogP contribution in [0.5, 0.6) is 0 Å². The molecular formula is C14H18FN5O2S. The molecular weight excluding hydrogens is 321 g/mol. The first-order valence-corrected chi connectivity index (χ1v) is 7.80. The number of benzene rings is 1. The van der Waals surface area contributed by atoms with E-state index in [4.69, 9.17) is 10.6 Å². The zero-order chi connectivity index (χ0) is 16.8. The van der Waals surface area contributed by atoms with E-state index in [9.17, 15) is 9.18 Å². The third-order valence-corrected chi connectivity index (χ3v) is 4.08. The van der Waals surface area contributed by atoms with Gasteiger partial charge in [-0.05, 0) is 31.2 Å². The molecule has 2 aromatic rings. The van der Waals surface area contributed by atoms with Crippen molar-refractivity contribution in [2.45, 2.75) is 17.3 Å². The molecule has 3 N–H and O–H groups in total. The molecule has 9 heteroatoms. The number of hydrogen-bond acceptors (Lipinski definition) is 6. The number of amides is 1. The van der Waals surface area contributed by atoms with E-state index in [2.05, 4.69) is 15.5 Å². The van der Waals surface area contributed by atoms with Crippen molar-refractivity contribution in [3.05, 3.63) is 30.1 Å². The molecule has 0 fully saturated rings. The summed E-state index contributed by atoms with van der Waals surface area (Å²) in [5.74, 6) is 5.89. The Balaban J connectivity index is 2.04. The van der Waals surface area contributed by atoms with Crippen molar-refractivity contribution in [3.63, 3.8) is 0 Å². The Morgan fingerprint density at radius 3 is 2.78 bits per heavy atom. The fraction of sp³-hybridized carbons (Fsp3) is 0.357. The summed E-state index contributed by atoms with van der Waals surface area (Å²) >= 11 is 1.19. The van der Waals surface area contributed by atoms with Gasteiger partial charge >= 0.3 is 0 Å². The first kappa shape index (κ1) is 17.2. The summed E-state index contributed by atoms with van der Waals surface area (Å²) in [6, 6.07) is 5.78. The summed E-state index contributed by atoms with van der Waals surface area (Å²) in [6.45, 7) is 2.64. The molecule has 1 aromatic heterocycles. The van der Waals surface area contributed by atoms with Crippen LogP contribution >= 0.6 is 11.8 Å². The topological polar surface area (TPSA) is 95.1 Å². The van der Waals surface area contributed by atoms with Crippen molar-refractivity contribution >= 4 is 17.7 Å². The molecule has 0 saturated heterocycles. The number of thioether (sulfide) groups is 1. The number of carbonyl (C=O) groups excluding carboxylic acids is 1. The second kappa shape index (κ2) is 7.93. The zero-order valence-electron chi connectivity index (χ0n) is 12.8. The van der Waals surface area contributed by atoms with Gasteiger partial charge in [-0.2, -0.15) is 0 Å². The highest BCUT2D eigenvalue weighted by atomic mass is 32.2. The lowest BCUT2D eigenvalue weighted by atomic mass is 10.2. The molecule has 2 rings (SSSR count). The Kier molecular flexibility index (Phi) is 5.94. The van der Waals surface area contributed by atoms with Crippen LogP contribution in [0.1, 0.15) is 6.92 Å². The molecule has 0 radical (unpaired) electrons. The number of hydrogen-bond donors (Lipinski definition) is 2. The number of ether oxygens (including phenoxy) is 1. The fourth-order valence-corrected chi connectivity index (χ4v) is 2.58. The largest absolute Gasteiger partial charge is 0.383 e. The summed E-state index contributed by atoms with van der Waals surface area (Å²) < 4.78 is 19.1. The molecule has 7 nitrogen and oxygen atoms in total. The molecule has 0 spiro atoms. The smallest absolute Gasteiger partial charge is 0.233 e. The number of nitrogens with one attached hydrogen (secondary N) is 1. The quantitative estimate of drug-likeness (QED) is 0.445. The van der Waals surface area contributed by atoms with Crippen LogP contribution in [-0.4, -0.2) is 46.3 Å². The predicted octanol–water partition coefficient (Wildman–Crippen LogP) is 1.04. The van der Waals surface area contributed by atoms with Crippen molar-refractivity contribution in [1.82, 2.24) is 20.2 Å². The summed E-state index contributed by atoms with van der Waals surface area (Å²) in [5.41, 5.74) is 0.644. The molecule has 1 amide bonds. The van der Waals surface area contributed by atoms with Crippen molar-refractivity contribution in [2.24, 2.45) is 0 Å². The first-order chi connectivity index (χ1) is 11.0. The average Bonchev–Trinajstić information content (AvgIpc) is 2.89. The molecule has 124 valence electrons. The number of aromatic nitrogens is 3. The second-order valence-electron chi connectivity index (χ2n) is 4.73. The van der Waals surface area contributed by atoms with E-state index >= 15 is 0 Å². The zero-order valence-corrected chi connectivity index (χ0v) is 13.6. The van der Waals surface area contributed by atoms with E-state index in [0.29, 0.717) is 29.7 Å². The molecule has 1 aromatic carbocycles. The number of carbonyl (C=O) groups is 1. The lowest BCUT2D eigenvalue weighted by Crippen LogP contribution is -2.33. The van der Waals surface area contributed by atoms with E-state index in [1.807, 2.05) is 0 Å². The minimum atomic E-state index is -0.389. The van der Waals surface area contributed by atoms with Crippen LogP contribution in [0, 0.1) is 5.82 Å². The van der Waals surface area contributed by atoms with Gasteiger partial charge in [0.1, 0.15) is 5.82 Å². The van der Waals surface area contributed by atoms with Crippen molar-refractivity contribution < 1.29 is 13.9 Å². The van der Waals surface area contributed by atoms with Gasteiger partial charge in [0.05, 0.1) is 11.9 Å². The van der Waals surface area contributed by atoms with Crippen LogP contribution in [-0.2, 0) is 9.53 Å². The number of nitrogens with two attached hydrogens (primary N) is 1. The van der Waals surface area contributed by atoms with Crippen LogP contribution in [0.15, 0.2) is 29.4 Å². The van der Waals surface area contributed by atoms with Gasteiger partial charge in [0.25, 0.3) is 0 Å². The van der Waals surface area contributed by atoms with Crippen molar-refractivity contribution in [3.8, 4) is 11.4 Å². The lowest BCUT2D eigenvalue weighted by molar-refractivity contribution is -0.120. The maximum atomic E-state index is 13.0. The minimum Gasteiger partial charge on any atom is -0.383 e. The predicted molar refractivity (Wildman–Crippen MR) is 85.8 cm³/mol. The lowest BCUT2D eigenvalue weighted by Gasteiger charge is -2.11. The van der Waals surface area contributed by atoms with Crippen molar-refractivity contribution in [2.75, 3.05) is 26.1 Å². The average molecular weight is 339 g/mol. The van der Waals surface area contributed by atoms with Gasteiger partial charge in [-0.1, -0.05) is 11.8 Å². The Hall–Kier alpha value is -2.13. The van der Waals surface area contributed by atoms with Gasteiger partial charge in [0.15, 0.2) is 5.82 Å². The van der Waals surface area contributed by atoms with E-state index in [1.165, 1.54) is 28.6 Å². The second-order valence-corrected chi connectivity index (χ2v) is 6.03. The van der Waals surface area contributed by atoms with Crippen LogP contribution in [0.25, 0.3) is 11.4 Å². The highest BCUT2D eigenvalue weighted by Crippen LogP contribution is 2.24. The molecule has 1 heterocycles. The van der Waals surface area contributed by atoms with Gasteiger partial charge in [0.2, 0.25) is 11.1 Å². The molecule has 23 heavy (non-hydrogen) atoms. The van der Waals surface area contributed by atoms with Gasteiger partial charge in [-0.25, -0.2) is 9.07 Å². The van der Waals surface area contributed by atoms with Crippen LogP contribution in [0.2, 0.25) is 0 Å². The van der Waals surface area contributed by atoms with Crippen LogP contribution < -0.4 is 11.2 Å². The summed E-state index contributed by atoms with van der Waals surface area (Å²) in [6.07, 6.45) is 0. The van der Waals surface area contributed by atoms with E-state index in [0.717, 1.165) is 0 Å². The maximum Gasteiger partial charge on any atom is 0.233 e. The highest BCUT2D eigenvalue weighted by molar-refractivity contribution is 8.00. The number of halogens is 1. The third kappa shape index (κ3) is 4.42. The van der Waals surface area contributed by atoms with Gasteiger partial charge in [-0.3, -0.25) is 4.79 Å². The van der Waals surface area contributed by atoms with E-state index < -0.39 is 0 Å². The standard InChI is InChI=1S/C14H18FN5O2S/c1-9(13(21)17-7-8-22-2)23-14-19-18-12(20(14)16)10-3-5-11(15)6-4-10/h3-6,9H,7-8,16H2,1-2H3,(H,17,21)/t9-/m1/s1. The molecule has 0 unspecified atom stereocenters. The Bertz CT molecular complexity index is 662. The molecule has 0 aliphatic heterocycles. The highest BCUT2D eigenvalue weighted by Gasteiger charge is 2.19. The number of nitrogen functional groups attached to an aromatic ring is 1. The monoisotopic (exact) mass is 339 g/mol. The summed E-state index contributed by atoms with van der Waals surface area (Å²) in [5, 5.41) is 10.7. The number of nitrogens with zero attached hydrogens (tertiary/aromatic N) is 3. The maximum absolute atomic E-state index is 13.0. The minimum absolute atomic E-state index is 0.140. The summed E-state index contributed by atoms with van der Waals surface area (Å²) in [7, 11) is 1.57. The number of rotatable bonds is 7. The molecule has 0 saturated carbocycles. The number of methoxy groups -OCH3 is 1. The fourth-order valence-electron chi connectivity index (χ4n) is 1.78. The SMILES string of the molecule is COCCNC(=O)[C@@H](C)Sc1nnc(-c2ccc(F)cc2)n1N. The Labute approximate surface area is 137 Å². The normalized spacial score (nSPS) is 12.1. The van der Waals surface area contributed by atoms with Crippen molar-refractivity contribution in [1.29, 1.82) is 0 Å². The van der Waals surface area contributed by atoms with E-state index in [1.54, 1.807) is 26.2 Å².